The minimum absolute atomic E-state index is 0.334. The molecular weight excluding hydrogens is 286 g/mol. The molecule has 0 aliphatic carbocycles. The van der Waals surface area contributed by atoms with Crippen molar-refractivity contribution < 1.29 is 9.53 Å². The van der Waals surface area contributed by atoms with Crippen LogP contribution in [0.3, 0.4) is 0 Å². The Morgan fingerprint density at radius 1 is 1.19 bits per heavy atom. The van der Waals surface area contributed by atoms with E-state index in [2.05, 4.69) is 15.0 Å². The molecule has 3 rings (SSSR count). The van der Waals surface area contributed by atoms with Crippen LogP contribution >= 0.6 is 11.3 Å². The summed E-state index contributed by atoms with van der Waals surface area (Å²) in [6, 6.07) is 7.67. The summed E-state index contributed by atoms with van der Waals surface area (Å²) in [5, 5.41) is 2.14. The number of thiazole rings is 1. The van der Waals surface area contributed by atoms with Crippen LogP contribution in [0.15, 0.2) is 29.6 Å². The van der Waals surface area contributed by atoms with E-state index in [1.54, 1.807) is 12.3 Å². The van der Waals surface area contributed by atoms with Gasteiger partial charge in [-0.05, 0) is 26.0 Å². The summed E-state index contributed by atoms with van der Waals surface area (Å²) in [4.78, 5) is 25.1. The van der Waals surface area contributed by atoms with E-state index in [0.29, 0.717) is 23.0 Å². The summed E-state index contributed by atoms with van der Waals surface area (Å²) in [6.45, 7) is 3.99. The number of ether oxygens (including phenoxy) is 1. The van der Waals surface area contributed by atoms with Gasteiger partial charge >= 0.3 is 5.97 Å². The molecule has 0 unspecified atom stereocenters. The highest BCUT2D eigenvalue weighted by Crippen LogP contribution is 2.24. The van der Waals surface area contributed by atoms with E-state index in [1.165, 1.54) is 11.3 Å². The van der Waals surface area contributed by atoms with Crippen molar-refractivity contribution in [3.8, 4) is 11.4 Å². The summed E-state index contributed by atoms with van der Waals surface area (Å²) in [5.41, 5.74) is 3.79. The predicted molar refractivity (Wildman–Crippen MR) is 81.3 cm³/mol. The minimum atomic E-state index is -0.403. The first-order valence-electron chi connectivity index (χ1n) is 6.55. The van der Waals surface area contributed by atoms with Crippen molar-refractivity contribution in [1.82, 2.24) is 15.0 Å². The fourth-order valence-corrected chi connectivity index (χ4v) is 2.69. The molecule has 0 aliphatic heterocycles. The Kier molecular flexibility index (Phi) is 3.62. The maximum atomic E-state index is 11.7. The summed E-state index contributed by atoms with van der Waals surface area (Å²) in [5.74, 6) is -0.403. The number of rotatable bonds is 3. The molecule has 0 N–H and O–H groups in total. The lowest BCUT2D eigenvalue weighted by Gasteiger charge is -2.03. The highest BCUT2D eigenvalue weighted by Gasteiger charge is 2.16. The number of hydrogen-bond acceptors (Lipinski definition) is 6. The monoisotopic (exact) mass is 299 g/mol. The van der Waals surface area contributed by atoms with Crippen molar-refractivity contribution in [2.24, 2.45) is 0 Å². The average molecular weight is 299 g/mol. The zero-order valence-corrected chi connectivity index (χ0v) is 12.5. The Hall–Kier alpha value is -2.34. The van der Waals surface area contributed by atoms with Crippen molar-refractivity contribution in [3.05, 3.63) is 40.3 Å². The fourth-order valence-electron chi connectivity index (χ4n) is 2.00. The average Bonchev–Trinajstić information content (AvgIpc) is 2.96. The van der Waals surface area contributed by atoms with E-state index in [9.17, 15) is 4.79 Å². The van der Waals surface area contributed by atoms with Crippen molar-refractivity contribution >= 4 is 28.3 Å². The molecule has 6 heteroatoms. The van der Waals surface area contributed by atoms with Crippen LogP contribution in [0, 0.1) is 6.92 Å². The lowest BCUT2D eigenvalue weighted by Crippen LogP contribution is -2.04. The standard InChI is InChI=1S/C15H13N3O2S/c1-3-20-15(19)14-18-12(8-21-14)13-9(2)16-10-6-4-5-7-11(10)17-13/h4-8H,3H2,1-2H3. The van der Waals surface area contributed by atoms with Crippen LogP contribution in [0.1, 0.15) is 22.4 Å². The molecule has 106 valence electrons. The number of esters is 1. The SMILES string of the molecule is CCOC(=O)c1nc(-c2nc3ccccc3nc2C)cs1. The van der Waals surface area contributed by atoms with Gasteiger partial charge in [-0.25, -0.2) is 19.7 Å². The highest BCUT2D eigenvalue weighted by atomic mass is 32.1. The normalized spacial score (nSPS) is 10.8. The first-order valence-corrected chi connectivity index (χ1v) is 7.43. The van der Waals surface area contributed by atoms with Crippen LogP contribution in [0.4, 0.5) is 0 Å². The van der Waals surface area contributed by atoms with Gasteiger partial charge < -0.3 is 4.74 Å². The van der Waals surface area contributed by atoms with Gasteiger partial charge in [0, 0.05) is 5.38 Å². The fraction of sp³-hybridized carbons (Fsp3) is 0.200. The number of aromatic nitrogens is 3. The predicted octanol–water partition coefficient (Wildman–Crippen LogP) is 3.24. The summed E-state index contributed by atoms with van der Waals surface area (Å²) in [6.07, 6.45) is 0. The quantitative estimate of drug-likeness (QED) is 0.695. The summed E-state index contributed by atoms with van der Waals surface area (Å²) >= 11 is 1.25. The lowest BCUT2D eigenvalue weighted by molar-refractivity contribution is 0.0526. The maximum absolute atomic E-state index is 11.7. The molecule has 5 nitrogen and oxygen atoms in total. The van der Waals surface area contributed by atoms with Crippen LogP contribution < -0.4 is 0 Å². The van der Waals surface area contributed by atoms with Crippen molar-refractivity contribution in [2.45, 2.75) is 13.8 Å². The van der Waals surface area contributed by atoms with E-state index in [4.69, 9.17) is 4.74 Å². The summed E-state index contributed by atoms with van der Waals surface area (Å²) in [7, 11) is 0. The molecule has 2 heterocycles. The molecule has 0 saturated carbocycles. The second-order valence-corrected chi connectivity index (χ2v) is 5.26. The number of para-hydroxylation sites is 2. The van der Waals surface area contributed by atoms with Gasteiger partial charge in [0.05, 0.1) is 23.3 Å². The molecule has 0 bridgehead atoms. The van der Waals surface area contributed by atoms with Crippen LogP contribution in [0.2, 0.25) is 0 Å². The molecule has 1 aromatic carbocycles. The Bertz CT molecular complexity index is 814. The minimum Gasteiger partial charge on any atom is -0.461 e. The van der Waals surface area contributed by atoms with Gasteiger partial charge in [-0.3, -0.25) is 0 Å². The smallest absolute Gasteiger partial charge is 0.367 e. The molecule has 21 heavy (non-hydrogen) atoms. The van der Waals surface area contributed by atoms with Gasteiger partial charge in [0.2, 0.25) is 5.01 Å². The van der Waals surface area contributed by atoms with Gasteiger partial charge in [-0.1, -0.05) is 12.1 Å². The van der Waals surface area contributed by atoms with E-state index >= 15 is 0 Å². The highest BCUT2D eigenvalue weighted by molar-refractivity contribution is 7.11. The number of hydrogen-bond donors (Lipinski definition) is 0. The third kappa shape index (κ3) is 2.62. The van der Waals surface area contributed by atoms with E-state index in [1.807, 2.05) is 31.2 Å². The van der Waals surface area contributed by atoms with Crippen molar-refractivity contribution in [3.63, 3.8) is 0 Å². The van der Waals surface area contributed by atoms with Gasteiger partial charge in [-0.2, -0.15) is 0 Å². The third-order valence-corrected chi connectivity index (χ3v) is 3.76. The Balaban J connectivity index is 2.04. The number of nitrogens with zero attached hydrogens (tertiary/aromatic N) is 3. The molecule has 3 aromatic rings. The molecule has 0 atom stereocenters. The zero-order valence-electron chi connectivity index (χ0n) is 11.7. The van der Waals surface area contributed by atoms with Crippen molar-refractivity contribution in [1.29, 1.82) is 0 Å². The maximum Gasteiger partial charge on any atom is 0.367 e. The molecule has 2 aromatic heterocycles. The molecule has 0 fully saturated rings. The number of carbonyl (C=O) groups excluding carboxylic acids is 1. The largest absolute Gasteiger partial charge is 0.461 e. The van der Waals surface area contributed by atoms with Gasteiger partial charge in [0.25, 0.3) is 0 Å². The number of fused-ring (bicyclic) bond motifs is 1. The second-order valence-electron chi connectivity index (χ2n) is 4.40. The van der Waals surface area contributed by atoms with Crippen LogP contribution in [0.5, 0.6) is 0 Å². The van der Waals surface area contributed by atoms with E-state index < -0.39 is 5.97 Å². The zero-order chi connectivity index (χ0) is 14.8. The molecule has 0 aliphatic rings. The Morgan fingerprint density at radius 3 is 2.62 bits per heavy atom. The van der Waals surface area contributed by atoms with E-state index in [0.717, 1.165) is 16.7 Å². The molecule has 0 saturated heterocycles. The Labute approximate surface area is 125 Å². The number of carbonyl (C=O) groups is 1. The molecule has 0 radical (unpaired) electrons. The third-order valence-electron chi connectivity index (χ3n) is 2.94. The first-order chi connectivity index (χ1) is 10.2. The van der Waals surface area contributed by atoms with Crippen LogP contribution in [-0.4, -0.2) is 27.5 Å². The summed E-state index contributed by atoms with van der Waals surface area (Å²) < 4.78 is 4.95. The molecule has 0 spiro atoms. The molecule has 0 amide bonds. The van der Waals surface area contributed by atoms with Crippen LogP contribution in [-0.2, 0) is 4.74 Å². The topological polar surface area (TPSA) is 65.0 Å². The first kappa shape index (κ1) is 13.6. The molecular formula is C15H13N3O2S. The van der Waals surface area contributed by atoms with Crippen LogP contribution in [0.25, 0.3) is 22.4 Å². The number of aryl methyl sites for hydroxylation is 1. The Morgan fingerprint density at radius 2 is 1.90 bits per heavy atom. The van der Waals surface area contributed by atoms with Crippen molar-refractivity contribution in [2.75, 3.05) is 6.61 Å². The second kappa shape index (κ2) is 5.57. The van der Waals surface area contributed by atoms with Gasteiger partial charge in [0.15, 0.2) is 0 Å². The van der Waals surface area contributed by atoms with Gasteiger partial charge in [0.1, 0.15) is 11.4 Å². The lowest BCUT2D eigenvalue weighted by atomic mass is 10.2. The van der Waals surface area contributed by atoms with E-state index in [-0.39, 0.29) is 0 Å². The number of benzene rings is 1. The van der Waals surface area contributed by atoms with Gasteiger partial charge in [-0.15, -0.1) is 11.3 Å².